The van der Waals surface area contributed by atoms with Crippen molar-refractivity contribution in [2.24, 2.45) is 0 Å². The van der Waals surface area contributed by atoms with Gasteiger partial charge in [0.05, 0.1) is 31.8 Å². The third-order valence-corrected chi connectivity index (χ3v) is 4.34. The maximum atomic E-state index is 5.86. The fourth-order valence-electron chi connectivity index (χ4n) is 2.87. The summed E-state index contributed by atoms with van der Waals surface area (Å²) in [7, 11) is 0. The second-order valence-corrected chi connectivity index (χ2v) is 6.14. The molecule has 1 saturated heterocycles. The summed E-state index contributed by atoms with van der Waals surface area (Å²) in [4.78, 5) is 6.70. The predicted molar refractivity (Wildman–Crippen MR) is 96.5 cm³/mol. The zero-order valence-corrected chi connectivity index (χ0v) is 14.6. The third kappa shape index (κ3) is 4.12. The maximum Gasteiger partial charge on any atom is 0.232 e. The average Bonchev–Trinajstić information content (AvgIpc) is 3.10. The van der Waals surface area contributed by atoms with Crippen LogP contribution < -0.4 is 9.47 Å². The molecule has 4 rings (SSSR count). The van der Waals surface area contributed by atoms with Crippen molar-refractivity contribution in [3.63, 3.8) is 0 Å². The first-order chi connectivity index (χ1) is 12.9. The molecule has 0 spiro atoms. The molecule has 7 heteroatoms. The highest BCUT2D eigenvalue weighted by Gasteiger charge is 2.11. The van der Waals surface area contributed by atoms with Crippen LogP contribution in [-0.4, -0.2) is 59.0 Å². The lowest BCUT2D eigenvalue weighted by Gasteiger charge is -2.26. The van der Waals surface area contributed by atoms with Gasteiger partial charge in [-0.3, -0.25) is 4.90 Å². The molecular weight excluding hydrogens is 332 g/mol. The van der Waals surface area contributed by atoms with Gasteiger partial charge < -0.3 is 14.2 Å². The highest BCUT2D eigenvalue weighted by Crippen LogP contribution is 2.21. The maximum absolute atomic E-state index is 5.86. The summed E-state index contributed by atoms with van der Waals surface area (Å²) in [6.45, 7) is 5.46. The summed E-state index contributed by atoms with van der Waals surface area (Å²) in [5.74, 6) is 1.27. The Labute approximate surface area is 152 Å². The minimum absolute atomic E-state index is 0.500. The number of nitrogens with zero attached hydrogens (tertiary/aromatic N) is 4. The first-order valence-electron chi connectivity index (χ1n) is 8.81. The molecule has 0 unspecified atom stereocenters. The van der Waals surface area contributed by atoms with Crippen molar-refractivity contribution in [2.75, 3.05) is 39.5 Å². The molecule has 0 radical (unpaired) electrons. The molecule has 0 amide bonds. The molecular formula is C19H22N4O3. The van der Waals surface area contributed by atoms with Gasteiger partial charge in [0.1, 0.15) is 18.7 Å². The molecule has 1 fully saturated rings. The van der Waals surface area contributed by atoms with Gasteiger partial charge in [-0.15, -0.1) is 0 Å². The Balaban J connectivity index is 1.34. The van der Waals surface area contributed by atoms with Crippen molar-refractivity contribution in [3.8, 4) is 11.6 Å². The zero-order chi connectivity index (χ0) is 17.6. The fourth-order valence-corrected chi connectivity index (χ4v) is 2.87. The first kappa shape index (κ1) is 16.8. The lowest BCUT2D eigenvalue weighted by atomic mass is 10.2. The Bertz CT molecular complexity index is 831. The number of aromatic nitrogens is 3. The standard InChI is InChI=1S/C19H22N4O3/c1-2-4-16(5-3-1)15-26-18-13-21-23-14-19(20-12-17(18)23)25-11-8-22-6-9-24-10-7-22/h1-5,12-14H,6-11,15H2. The van der Waals surface area contributed by atoms with E-state index < -0.39 is 0 Å². The molecule has 7 nitrogen and oxygen atoms in total. The van der Waals surface area contributed by atoms with E-state index in [0.717, 1.165) is 43.9 Å². The lowest BCUT2D eigenvalue weighted by molar-refractivity contribution is 0.0319. The van der Waals surface area contributed by atoms with Crippen molar-refractivity contribution in [1.29, 1.82) is 0 Å². The molecule has 0 bridgehead atoms. The Morgan fingerprint density at radius 1 is 1.04 bits per heavy atom. The van der Waals surface area contributed by atoms with Gasteiger partial charge in [-0.2, -0.15) is 5.10 Å². The Kier molecular flexibility index (Phi) is 5.27. The monoisotopic (exact) mass is 354 g/mol. The fraction of sp³-hybridized carbons (Fsp3) is 0.368. The predicted octanol–water partition coefficient (Wildman–Crippen LogP) is 2.02. The number of rotatable bonds is 7. The molecule has 1 aliphatic heterocycles. The smallest absolute Gasteiger partial charge is 0.232 e. The SMILES string of the molecule is c1ccc(COc2cnn3cc(OCCN4CCOCC4)ncc23)cc1. The summed E-state index contributed by atoms with van der Waals surface area (Å²) in [5, 5.41) is 4.33. The molecule has 0 atom stereocenters. The Morgan fingerprint density at radius 2 is 1.88 bits per heavy atom. The molecule has 0 saturated carbocycles. The molecule has 1 aliphatic rings. The number of morpholine rings is 1. The number of hydrogen-bond acceptors (Lipinski definition) is 6. The molecule has 1 aromatic carbocycles. The van der Waals surface area contributed by atoms with Gasteiger partial charge in [-0.25, -0.2) is 9.50 Å². The van der Waals surface area contributed by atoms with Crippen LogP contribution in [0.5, 0.6) is 11.6 Å². The summed E-state index contributed by atoms with van der Waals surface area (Å²) < 4.78 is 18.7. The van der Waals surface area contributed by atoms with Crippen LogP contribution in [-0.2, 0) is 11.3 Å². The topological polar surface area (TPSA) is 61.1 Å². The first-order valence-corrected chi connectivity index (χ1v) is 8.81. The minimum atomic E-state index is 0.500. The summed E-state index contributed by atoms with van der Waals surface area (Å²) in [5.41, 5.74) is 1.93. The second-order valence-electron chi connectivity index (χ2n) is 6.14. The van der Waals surface area contributed by atoms with Gasteiger partial charge in [-0.05, 0) is 5.56 Å². The van der Waals surface area contributed by atoms with Crippen LogP contribution in [0.4, 0.5) is 0 Å². The van der Waals surface area contributed by atoms with Gasteiger partial charge in [0, 0.05) is 19.6 Å². The van der Waals surface area contributed by atoms with Gasteiger partial charge in [0.15, 0.2) is 5.75 Å². The van der Waals surface area contributed by atoms with Crippen LogP contribution in [0.1, 0.15) is 5.56 Å². The van der Waals surface area contributed by atoms with Crippen molar-refractivity contribution >= 4 is 5.52 Å². The molecule has 3 aromatic rings. The third-order valence-electron chi connectivity index (χ3n) is 4.34. The largest absolute Gasteiger partial charge is 0.485 e. The average molecular weight is 354 g/mol. The number of benzene rings is 1. The van der Waals surface area contributed by atoms with Gasteiger partial charge in [-0.1, -0.05) is 30.3 Å². The number of fused-ring (bicyclic) bond motifs is 1. The van der Waals surface area contributed by atoms with Crippen molar-refractivity contribution in [3.05, 3.63) is 54.5 Å². The van der Waals surface area contributed by atoms with Crippen molar-refractivity contribution in [1.82, 2.24) is 19.5 Å². The summed E-state index contributed by atoms with van der Waals surface area (Å²) in [6.07, 6.45) is 5.22. The van der Waals surface area contributed by atoms with E-state index in [1.54, 1.807) is 23.1 Å². The highest BCUT2D eigenvalue weighted by atomic mass is 16.5. The van der Waals surface area contributed by atoms with Gasteiger partial charge in [0.25, 0.3) is 0 Å². The van der Waals surface area contributed by atoms with Crippen LogP contribution in [0.25, 0.3) is 5.52 Å². The van der Waals surface area contributed by atoms with Crippen LogP contribution in [0.3, 0.4) is 0 Å². The quantitative estimate of drug-likeness (QED) is 0.647. The van der Waals surface area contributed by atoms with Crippen LogP contribution in [0.2, 0.25) is 0 Å². The summed E-state index contributed by atoms with van der Waals surface area (Å²) >= 11 is 0. The van der Waals surface area contributed by atoms with Crippen LogP contribution in [0.15, 0.2) is 48.9 Å². The number of ether oxygens (including phenoxy) is 3. The van der Waals surface area contributed by atoms with E-state index in [-0.39, 0.29) is 0 Å². The molecule has 3 heterocycles. The molecule has 0 aliphatic carbocycles. The van der Waals surface area contributed by atoms with Crippen molar-refractivity contribution in [2.45, 2.75) is 6.61 Å². The van der Waals surface area contributed by atoms with E-state index in [1.807, 2.05) is 30.3 Å². The lowest BCUT2D eigenvalue weighted by Crippen LogP contribution is -2.38. The van der Waals surface area contributed by atoms with E-state index in [0.29, 0.717) is 24.8 Å². The van der Waals surface area contributed by atoms with E-state index in [2.05, 4.69) is 15.0 Å². The van der Waals surface area contributed by atoms with E-state index >= 15 is 0 Å². The van der Waals surface area contributed by atoms with E-state index in [9.17, 15) is 0 Å². The molecule has 26 heavy (non-hydrogen) atoms. The van der Waals surface area contributed by atoms with E-state index in [4.69, 9.17) is 14.2 Å². The van der Waals surface area contributed by atoms with Crippen LogP contribution in [0, 0.1) is 0 Å². The van der Waals surface area contributed by atoms with Crippen molar-refractivity contribution < 1.29 is 14.2 Å². The minimum Gasteiger partial charge on any atom is -0.485 e. The Hall–Kier alpha value is -2.64. The summed E-state index contributed by atoms with van der Waals surface area (Å²) in [6, 6.07) is 10.0. The van der Waals surface area contributed by atoms with Gasteiger partial charge in [0.2, 0.25) is 5.88 Å². The number of hydrogen-bond donors (Lipinski definition) is 0. The van der Waals surface area contributed by atoms with Crippen LogP contribution >= 0.6 is 0 Å². The zero-order valence-electron chi connectivity index (χ0n) is 14.6. The highest BCUT2D eigenvalue weighted by molar-refractivity contribution is 5.57. The van der Waals surface area contributed by atoms with E-state index in [1.165, 1.54) is 0 Å². The molecule has 2 aromatic heterocycles. The molecule has 136 valence electrons. The molecule has 0 N–H and O–H groups in total. The second kappa shape index (κ2) is 8.16. The normalized spacial score (nSPS) is 15.2. The van der Waals surface area contributed by atoms with Gasteiger partial charge >= 0.3 is 0 Å². The Morgan fingerprint density at radius 3 is 2.73 bits per heavy atom.